The maximum absolute atomic E-state index is 12.9. The fourth-order valence-electron chi connectivity index (χ4n) is 1.60. The smallest absolute Gasteiger partial charge is 0.252 e. The average Bonchev–Trinajstić information content (AvgIpc) is 2.52. The molecule has 2 amide bonds. The number of nitrogens with one attached hydrogen (secondary N) is 2. The van der Waals surface area contributed by atoms with Gasteiger partial charge >= 0.3 is 0 Å². The molecular formula is C14H13FN4O2. The van der Waals surface area contributed by atoms with E-state index in [1.54, 1.807) is 18.3 Å². The van der Waals surface area contributed by atoms with Crippen molar-refractivity contribution in [3.8, 4) is 0 Å². The second-order valence-electron chi connectivity index (χ2n) is 4.12. The van der Waals surface area contributed by atoms with Crippen LogP contribution in [-0.2, 0) is 0 Å². The summed E-state index contributed by atoms with van der Waals surface area (Å²) >= 11 is 0. The number of nitrogens with zero attached hydrogens (tertiary/aromatic N) is 2. The van der Waals surface area contributed by atoms with Crippen LogP contribution in [-0.4, -0.2) is 34.9 Å². The summed E-state index contributed by atoms with van der Waals surface area (Å²) in [7, 11) is 0. The molecule has 0 saturated heterocycles. The number of halogens is 1. The maximum atomic E-state index is 12.9. The van der Waals surface area contributed by atoms with E-state index >= 15 is 0 Å². The highest BCUT2D eigenvalue weighted by Crippen LogP contribution is 1.99. The van der Waals surface area contributed by atoms with Crippen molar-refractivity contribution in [2.75, 3.05) is 13.1 Å². The second-order valence-corrected chi connectivity index (χ2v) is 4.12. The Balaban J connectivity index is 1.75. The van der Waals surface area contributed by atoms with Gasteiger partial charge in [0.05, 0.1) is 5.56 Å². The summed E-state index contributed by atoms with van der Waals surface area (Å²) in [6.45, 7) is 0.488. The molecule has 0 bridgehead atoms. The first-order chi connectivity index (χ1) is 10.2. The van der Waals surface area contributed by atoms with E-state index in [0.29, 0.717) is 5.56 Å². The number of carbonyl (C=O) groups excluding carboxylic acids is 2. The molecule has 2 rings (SSSR count). The van der Waals surface area contributed by atoms with Gasteiger partial charge in [0, 0.05) is 43.3 Å². The maximum Gasteiger partial charge on any atom is 0.252 e. The molecule has 2 heterocycles. The molecule has 0 spiro atoms. The Morgan fingerprint density at radius 3 is 2.38 bits per heavy atom. The first-order valence-electron chi connectivity index (χ1n) is 6.25. The lowest BCUT2D eigenvalue weighted by Gasteiger charge is -2.07. The molecule has 7 heteroatoms. The van der Waals surface area contributed by atoms with Crippen LogP contribution in [0.2, 0.25) is 0 Å². The lowest BCUT2D eigenvalue weighted by Crippen LogP contribution is -2.34. The zero-order valence-electron chi connectivity index (χ0n) is 11.0. The zero-order chi connectivity index (χ0) is 15.1. The van der Waals surface area contributed by atoms with Crippen LogP contribution in [0.15, 0.2) is 42.9 Å². The van der Waals surface area contributed by atoms with Crippen LogP contribution in [0, 0.1) is 5.95 Å². The van der Waals surface area contributed by atoms with Gasteiger partial charge in [-0.05, 0) is 18.2 Å². The minimum absolute atomic E-state index is 0.182. The number of carbonyl (C=O) groups is 2. The monoisotopic (exact) mass is 288 g/mol. The summed E-state index contributed by atoms with van der Waals surface area (Å²) in [5, 5.41) is 5.21. The van der Waals surface area contributed by atoms with Gasteiger partial charge in [-0.15, -0.1) is 0 Å². The van der Waals surface area contributed by atoms with E-state index in [0.717, 1.165) is 6.07 Å². The van der Waals surface area contributed by atoms with E-state index in [-0.39, 0.29) is 24.6 Å². The molecule has 2 aromatic rings. The third-order valence-corrected chi connectivity index (χ3v) is 2.61. The van der Waals surface area contributed by atoms with Crippen LogP contribution in [0.5, 0.6) is 0 Å². The van der Waals surface area contributed by atoms with Gasteiger partial charge in [0.1, 0.15) is 0 Å². The number of amides is 2. The Bertz CT molecular complexity index is 634. The second kappa shape index (κ2) is 7.09. The molecule has 0 aliphatic heterocycles. The van der Waals surface area contributed by atoms with Crippen molar-refractivity contribution in [3.63, 3.8) is 0 Å². The van der Waals surface area contributed by atoms with Crippen molar-refractivity contribution in [3.05, 3.63) is 59.9 Å². The zero-order valence-corrected chi connectivity index (χ0v) is 11.0. The van der Waals surface area contributed by atoms with Crippen LogP contribution < -0.4 is 10.6 Å². The van der Waals surface area contributed by atoms with Crippen LogP contribution in [0.25, 0.3) is 0 Å². The highest BCUT2D eigenvalue weighted by molar-refractivity contribution is 5.94. The summed E-state index contributed by atoms with van der Waals surface area (Å²) in [6, 6.07) is 5.76. The fourth-order valence-corrected chi connectivity index (χ4v) is 1.60. The van der Waals surface area contributed by atoms with Crippen LogP contribution >= 0.6 is 0 Å². The number of aromatic nitrogens is 2. The Hall–Kier alpha value is -2.83. The Kier molecular flexibility index (Phi) is 4.92. The van der Waals surface area contributed by atoms with Crippen LogP contribution in [0.3, 0.4) is 0 Å². The number of hydrogen-bond acceptors (Lipinski definition) is 4. The fraction of sp³-hybridized carbons (Fsp3) is 0.143. The van der Waals surface area contributed by atoms with Gasteiger partial charge in [0.15, 0.2) is 0 Å². The molecule has 0 aliphatic rings. The molecule has 0 radical (unpaired) electrons. The first-order valence-corrected chi connectivity index (χ1v) is 6.25. The van der Waals surface area contributed by atoms with Crippen molar-refractivity contribution in [2.45, 2.75) is 0 Å². The molecule has 21 heavy (non-hydrogen) atoms. The molecule has 0 atom stereocenters. The minimum Gasteiger partial charge on any atom is -0.350 e. The standard InChI is InChI=1S/C14H13FN4O2/c15-12-8-10(3-5-17-12)13(20)18-6-7-19-14(21)11-2-1-4-16-9-11/h1-5,8-9H,6-7H2,(H,18,20)(H,19,21). The van der Waals surface area contributed by atoms with Gasteiger partial charge in [0.25, 0.3) is 11.8 Å². The van der Waals surface area contributed by atoms with Gasteiger partial charge in [-0.25, -0.2) is 4.98 Å². The molecule has 6 nitrogen and oxygen atoms in total. The number of pyridine rings is 2. The highest BCUT2D eigenvalue weighted by atomic mass is 19.1. The van der Waals surface area contributed by atoms with E-state index < -0.39 is 11.9 Å². The largest absolute Gasteiger partial charge is 0.350 e. The van der Waals surface area contributed by atoms with E-state index in [1.165, 1.54) is 18.5 Å². The third kappa shape index (κ3) is 4.34. The quantitative estimate of drug-likeness (QED) is 0.629. The van der Waals surface area contributed by atoms with Crippen molar-refractivity contribution in [1.82, 2.24) is 20.6 Å². The Morgan fingerprint density at radius 1 is 1.05 bits per heavy atom. The summed E-state index contributed by atoms with van der Waals surface area (Å²) in [5.74, 6) is -1.41. The molecule has 108 valence electrons. The molecule has 0 fully saturated rings. The molecule has 0 saturated carbocycles. The predicted molar refractivity (Wildman–Crippen MR) is 73.1 cm³/mol. The summed E-state index contributed by atoms with van der Waals surface area (Å²) in [5.41, 5.74) is 0.626. The Labute approximate surface area is 120 Å². The van der Waals surface area contributed by atoms with Gasteiger partial charge in [-0.1, -0.05) is 0 Å². The van der Waals surface area contributed by atoms with Crippen LogP contribution in [0.1, 0.15) is 20.7 Å². The molecule has 0 aliphatic carbocycles. The number of rotatable bonds is 5. The number of hydrogen-bond donors (Lipinski definition) is 2. The lowest BCUT2D eigenvalue weighted by molar-refractivity contribution is 0.0927. The molecule has 2 aromatic heterocycles. The van der Waals surface area contributed by atoms with Gasteiger partial charge < -0.3 is 10.6 Å². The van der Waals surface area contributed by atoms with E-state index in [1.807, 2.05) is 0 Å². The average molecular weight is 288 g/mol. The summed E-state index contributed by atoms with van der Waals surface area (Å²) in [4.78, 5) is 30.6. The van der Waals surface area contributed by atoms with E-state index in [4.69, 9.17) is 0 Å². The normalized spacial score (nSPS) is 9.95. The highest BCUT2D eigenvalue weighted by Gasteiger charge is 2.07. The van der Waals surface area contributed by atoms with Gasteiger partial charge in [-0.3, -0.25) is 14.6 Å². The van der Waals surface area contributed by atoms with E-state index in [2.05, 4.69) is 20.6 Å². The van der Waals surface area contributed by atoms with Crippen molar-refractivity contribution >= 4 is 11.8 Å². The predicted octanol–water partition coefficient (Wildman–Crippen LogP) is 0.775. The Morgan fingerprint density at radius 2 is 1.76 bits per heavy atom. The van der Waals surface area contributed by atoms with Gasteiger partial charge in [-0.2, -0.15) is 4.39 Å². The van der Waals surface area contributed by atoms with Gasteiger partial charge in [0.2, 0.25) is 5.95 Å². The molecular weight excluding hydrogens is 275 g/mol. The van der Waals surface area contributed by atoms with Crippen molar-refractivity contribution in [2.24, 2.45) is 0 Å². The SMILES string of the molecule is O=C(NCCNC(=O)c1ccnc(F)c1)c1cccnc1. The summed E-state index contributed by atoms with van der Waals surface area (Å²) in [6.07, 6.45) is 4.24. The summed E-state index contributed by atoms with van der Waals surface area (Å²) < 4.78 is 12.9. The van der Waals surface area contributed by atoms with Crippen molar-refractivity contribution < 1.29 is 14.0 Å². The molecule has 2 N–H and O–H groups in total. The minimum atomic E-state index is -0.715. The topological polar surface area (TPSA) is 84.0 Å². The third-order valence-electron chi connectivity index (χ3n) is 2.61. The first kappa shape index (κ1) is 14.6. The van der Waals surface area contributed by atoms with Crippen molar-refractivity contribution in [1.29, 1.82) is 0 Å². The van der Waals surface area contributed by atoms with Crippen LogP contribution in [0.4, 0.5) is 4.39 Å². The van der Waals surface area contributed by atoms with E-state index in [9.17, 15) is 14.0 Å². The lowest BCUT2D eigenvalue weighted by atomic mass is 10.2. The molecule has 0 aromatic carbocycles. The molecule has 0 unspecified atom stereocenters.